The highest BCUT2D eigenvalue weighted by atomic mass is 79.9. The maximum absolute atomic E-state index is 14.4. The summed E-state index contributed by atoms with van der Waals surface area (Å²) in [6.45, 7) is 3.68. The van der Waals surface area contributed by atoms with Crippen LogP contribution in [0.15, 0.2) is 40.3 Å². The van der Waals surface area contributed by atoms with Gasteiger partial charge in [-0.25, -0.2) is 13.9 Å². The number of allylic oxidation sites excluding steroid dienone is 1. The SMILES string of the molecule is CCOC(=O)C1=C(C)Nc2ncnn2[C@@H]1c1cc(Br)ccc1F. The summed E-state index contributed by atoms with van der Waals surface area (Å²) < 4.78 is 21.7. The Morgan fingerprint density at radius 1 is 1.52 bits per heavy atom. The number of carbonyl (C=O) groups is 1. The van der Waals surface area contributed by atoms with Crippen LogP contribution in [0.4, 0.5) is 10.3 Å². The number of anilines is 1. The Hall–Kier alpha value is -2.22. The van der Waals surface area contributed by atoms with E-state index in [1.807, 2.05) is 0 Å². The van der Waals surface area contributed by atoms with Gasteiger partial charge in [-0.2, -0.15) is 10.1 Å². The highest BCUT2D eigenvalue weighted by Crippen LogP contribution is 2.37. The lowest BCUT2D eigenvalue weighted by molar-refractivity contribution is -0.139. The molecule has 6 nitrogen and oxygen atoms in total. The molecule has 1 aliphatic rings. The molecule has 23 heavy (non-hydrogen) atoms. The summed E-state index contributed by atoms with van der Waals surface area (Å²) in [4.78, 5) is 16.5. The zero-order chi connectivity index (χ0) is 16.6. The Bertz CT molecular complexity index is 803. The minimum Gasteiger partial charge on any atom is -0.463 e. The molecule has 1 aromatic heterocycles. The summed E-state index contributed by atoms with van der Waals surface area (Å²) in [5.41, 5.74) is 1.19. The molecule has 0 spiro atoms. The van der Waals surface area contributed by atoms with Crippen molar-refractivity contribution < 1.29 is 13.9 Å². The molecule has 3 rings (SSSR count). The second-order valence-electron chi connectivity index (χ2n) is 4.98. The number of carbonyl (C=O) groups excluding carboxylic acids is 1. The number of hydrogen-bond acceptors (Lipinski definition) is 5. The van der Waals surface area contributed by atoms with E-state index in [1.54, 1.807) is 26.0 Å². The average molecular weight is 381 g/mol. The number of rotatable bonds is 3. The van der Waals surface area contributed by atoms with Gasteiger partial charge in [-0.1, -0.05) is 15.9 Å². The maximum atomic E-state index is 14.4. The van der Waals surface area contributed by atoms with Gasteiger partial charge in [-0.3, -0.25) is 0 Å². The molecule has 0 radical (unpaired) electrons. The summed E-state index contributed by atoms with van der Waals surface area (Å²) in [6.07, 6.45) is 1.35. The standard InChI is InChI=1S/C15H14BrFN4O2/c1-3-23-14(22)12-8(2)20-15-18-7-19-21(15)13(12)10-6-9(16)4-5-11(10)17/h4-7,13H,3H2,1-2H3,(H,18,19,20)/t13-/m1/s1. The summed E-state index contributed by atoms with van der Waals surface area (Å²) in [6, 6.07) is 3.83. The van der Waals surface area contributed by atoms with Crippen LogP contribution in [-0.4, -0.2) is 27.3 Å². The fraction of sp³-hybridized carbons (Fsp3) is 0.267. The van der Waals surface area contributed by atoms with Gasteiger partial charge in [0.15, 0.2) is 0 Å². The van der Waals surface area contributed by atoms with Gasteiger partial charge in [-0.05, 0) is 32.0 Å². The van der Waals surface area contributed by atoms with E-state index >= 15 is 0 Å². The zero-order valence-corrected chi connectivity index (χ0v) is 14.1. The minimum atomic E-state index is -0.745. The molecular formula is C15H14BrFN4O2. The molecule has 2 heterocycles. The third-order valence-electron chi connectivity index (χ3n) is 3.54. The summed E-state index contributed by atoms with van der Waals surface area (Å²) in [7, 11) is 0. The second-order valence-corrected chi connectivity index (χ2v) is 5.90. The van der Waals surface area contributed by atoms with Crippen molar-refractivity contribution in [1.29, 1.82) is 0 Å². The lowest BCUT2D eigenvalue weighted by Gasteiger charge is -2.28. The topological polar surface area (TPSA) is 69.0 Å². The molecule has 0 amide bonds. The van der Waals surface area contributed by atoms with Gasteiger partial charge in [0.2, 0.25) is 5.95 Å². The first-order valence-corrected chi connectivity index (χ1v) is 7.81. The molecule has 120 valence electrons. The van der Waals surface area contributed by atoms with Crippen LogP contribution < -0.4 is 5.32 Å². The number of nitrogens with one attached hydrogen (secondary N) is 1. The number of hydrogen-bond donors (Lipinski definition) is 1. The van der Waals surface area contributed by atoms with Crippen molar-refractivity contribution in [3.63, 3.8) is 0 Å². The Kier molecular flexibility index (Phi) is 4.16. The van der Waals surface area contributed by atoms with E-state index in [4.69, 9.17) is 4.74 Å². The molecule has 1 N–H and O–H groups in total. The first kappa shape index (κ1) is 15.7. The van der Waals surface area contributed by atoms with Gasteiger partial charge < -0.3 is 10.1 Å². The zero-order valence-electron chi connectivity index (χ0n) is 12.5. The van der Waals surface area contributed by atoms with Crippen LogP contribution in [0.25, 0.3) is 0 Å². The molecular weight excluding hydrogens is 367 g/mol. The average Bonchev–Trinajstić information content (AvgIpc) is 2.96. The fourth-order valence-corrected chi connectivity index (χ4v) is 2.95. The molecule has 1 aliphatic heterocycles. The van der Waals surface area contributed by atoms with E-state index in [2.05, 4.69) is 31.3 Å². The van der Waals surface area contributed by atoms with E-state index in [-0.39, 0.29) is 6.61 Å². The van der Waals surface area contributed by atoms with Crippen LogP contribution in [-0.2, 0) is 9.53 Å². The molecule has 0 fully saturated rings. The van der Waals surface area contributed by atoms with Crippen molar-refractivity contribution in [2.75, 3.05) is 11.9 Å². The van der Waals surface area contributed by atoms with Crippen molar-refractivity contribution in [2.45, 2.75) is 19.9 Å². The fourth-order valence-electron chi connectivity index (χ4n) is 2.58. The molecule has 2 aromatic rings. The van der Waals surface area contributed by atoms with E-state index < -0.39 is 17.8 Å². The van der Waals surface area contributed by atoms with Crippen molar-refractivity contribution in [3.05, 3.63) is 51.6 Å². The predicted octanol–water partition coefficient (Wildman–Crippen LogP) is 3.03. The van der Waals surface area contributed by atoms with E-state index in [9.17, 15) is 9.18 Å². The number of ether oxygens (including phenoxy) is 1. The number of benzene rings is 1. The number of aromatic nitrogens is 3. The predicted molar refractivity (Wildman–Crippen MR) is 85.2 cm³/mol. The molecule has 0 bridgehead atoms. The number of fused-ring (bicyclic) bond motifs is 1. The summed E-state index contributed by atoms with van der Waals surface area (Å²) >= 11 is 3.34. The Morgan fingerprint density at radius 3 is 3.04 bits per heavy atom. The number of nitrogens with zero attached hydrogens (tertiary/aromatic N) is 3. The van der Waals surface area contributed by atoms with Crippen LogP contribution in [0.1, 0.15) is 25.5 Å². The van der Waals surface area contributed by atoms with E-state index in [1.165, 1.54) is 17.1 Å². The first-order valence-electron chi connectivity index (χ1n) is 7.02. The number of esters is 1. The van der Waals surface area contributed by atoms with Crippen molar-refractivity contribution in [3.8, 4) is 0 Å². The van der Waals surface area contributed by atoms with Crippen LogP contribution in [0.5, 0.6) is 0 Å². The Labute approximate surface area is 140 Å². The quantitative estimate of drug-likeness (QED) is 0.828. The summed E-state index contributed by atoms with van der Waals surface area (Å²) in [5, 5.41) is 7.13. The molecule has 8 heteroatoms. The van der Waals surface area contributed by atoms with Crippen LogP contribution in [0, 0.1) is 5.82 Å². The van der Waals surface area contributed by atoms with Gasteiger partial charge >= 0.3 is 5.97 Å². The smallest absolute Gasteiger partial charge is 0.338 e. The molecule has 1 aromatic carbocycles. The number of halogens is 2. The molecule has 0 saturated heterocycles. The molecule has 0 unspecified atom stereocenters. The van der Waals surface area contributed by atoms with Gasteiger partial charge in [0.25, 0.3) is 0 Å². The van der Waals surface area contributed by atoms with Crippen LogP contribution in [0.3, 0.4) is 0 Å². The second kappa shape index (κ2) is 6.11. The Balaban J connectivity index is 2.20. The largest absolute Gasteiger partial charge is 0.463 e. The van der Waals surface area contributed by atoms with E-state index in [0.717, 1.165) is 0 Å². The maximum Gasteiger partial charge on any atom is 0.338 e. The van der Waals surface area contributed by atoms with Gasteiger partial charge in [-0.15, -0.1) is 0 Å². The van der Waals surface area contributed by atoms with Gasteiger partial charge in [0, 0.05) is 15.7 Å². The Morgan fingerprint density at radius 2 is 2.30 bits per heavy atom. The normalized spacial score (nSPS) is 16.8. The lowest BCUT2D eigenvalue weighted by Crippen LogP contribution is -2.30. The van der Waals surface area contributed by atoms with Crippen molar-refractivity contribution in [2.24, 2.45) is 0 Å². The highest BCUT2D eigenvalue weighted by molar-refractivity contribution is 9.10. The molecule has 1 atom stereocenters. The van der Waals surface area contributed by atoms with Crippen LogP contribution >= 0.6 is 15.9 Å². The third-order valence-corrected chi connectivity index (χ3v) is 4.04. The van der Waals surface area contributed by atoms with Gasteiger partial charge in [0.1, 0.15) is 18.2 Å². The van der Waals surface area contributed by atoms with Gasteiger partial charge in [0.05, 0.1) is 12.2 Å². The third kappa shape index (κ3) is 2.74. The first-order chi connectivity index (χ1) is 11.0. The van der Waals surface area contributed by atoms with Crippen molar-refractivity contribution in [1.82, 2.24) is 14.8 Å². The molecule has 0 saturated carbocycles. The molecule has 0 aliphatic carbocycles. The van der Waals surface area contributed by atoms with Crippen molar-refractivity contribution >= 4 is 27.8 Å². The monoisotopic (exact) mass is 380 g/mol. The lowest BCUT2D eigenvalue weighted by atomic mass is 9.95. The summed E-state index contributed by atoms with van der Waals surface area (Å²) in [5.74, 6) is -0.501. The minimum absolute atomic E-state index is 0.230. The van der Waals surface area contributed by atoms with E-state index in [0.29, 0.717) is 27.3 Å². The highest BCUT2D eigenvalue weighted by Gasteiger charge is 2.35. The van der Waals surface area contributed by atoms with Crippen LogP contribution in [0.2, 0.25) is 0 Å².